The zero-order chi connectivity index (χ0) is 23.9. The molecular weight excluding hydrogens is 452 g/mol. The maximum absolute atomic E-state index is 13.9. The molecule has 1 atom stereocenters. The maximum Gasteiger partial charge on any atom is 0.330 e. The zero-order valence-corrected chi connectivity index (χ0v) is 20.2. The second-order valence-electron chi connectivity index (χ2n) is 9.44. The van der Waals surface area contributed by atoms with Crippen LogP contribution in [-0.4, -0.2) is 33.0 Å². The summed E-state index contributed by atoms with van der Waals surface area (Å²) in [5, 5.41) is 1.45. The van der Waals surface area contributed by atoms with Crippen LogP contribution in [0.2, 0.25) is 0 Å². The van der Waals surface area contributed by atoms with Crippen LogP contribution in [0.3, 0.4) is 0 Å². The van der Waals surface area contributed by atoms with Crippen molar-refractivity contribution in [2.75, 3.05) is 6.54 Å². The van der Waals surface area contributed by atoms with E-state index in [1.54, 1.807) is 17.4 Å². The smallest absolute Gasteiger partial charge is 0.330 e. The van der Waals surface area contributed by atoms with Crippen LogP contribution in [0.25, 0.3) is 21.8 Å². The van der Waals surface area contributed by atoms with Crippen LogP contribution in [-0.2, 0) is 37.1 Å². The van der Waals surface area contributed by atoms with Gasteiger partial charge in [-0.2, -0.15) is 4.31 Å². The Hall–Kier alpha value is -3.17. The predicted octanol–water partition coefficient (Wildman–Crippen LogP) is 2.58. The van der Waals surface area contributed by atoms with E-state index in [1.165, 1.54) is 45.8 Å². The van der Waals surface area contributed by atoms with Crippen molar-refractivity contribution in [1.82, 2.24) is 18.0 Å². The molecule has 3 heterocycles. The molecular formula is C25H26N4O4S. The summed E-state index contributed by atoms with van der Waals surface area (Å²) in [4.78, 5) is 25.1. The summed E-state index contributed by atoms with van der Waals surface area (Å²) in [5.74, 6) is 0. The molecule has 0 spiro atoms. The predicted molar refractivity (Wildman–Crippen MR) is 131 cm³/mol. The van der Waals surface area contributed by atoms with E-state index in [4.69, 9.17) is 0 Å². The van der Waals surface area contributed by atoms with Gasteiger partial charge in [-0.25, -0.2) is 13.2 Å². The lowest BCUT2D eigenvalue weighted by atomic mass is 9.90. The number of rotatable bonds is 2. The first-order valence-corrected chi connectivity index (χ1v) is 13.0. The van der Waals surface area contributed by atoms with E-state index in [-0.39, 0.29) is 16.3 Å². The maximum atomic E-state index is 13.9. The summed E-state index contributed by atoms with van der Waals surface area (Å²) in [5.41, 5.74) is 4.23. The Labute approximate surface area is 196 Å². The van der Waals surface area contributed by atoms with Crippen molar-refractivity contribution in [3.05, 3.63) is 74.1 Å². The molecule has 0 radical (unpaired) electrons. The number of aryl methyl sites for hydroxylation is 3. The van der Waals surface area contributed by atoms with E-state index >= 15 is 0 Å². The van der Waals surface area contributed by atoms with Crippen molar-refractivity contribution in [1.29, 1.82) is 0 Å². The molecule has 0 N–H and O–H groups in total. The summed E-state index contributed by atoms with van der Waals surface area (Å²) in [6, 6.07) is 10.7. The first-order chi connectivity index (χ1) is 16.2. The Balaban J connectivity index is 1.51. The van der Waals surface area contributed by atoms with Crippen molar-refractivity contribution >= 4 is 31.8 Å². The summed E-state index contributed by atoms with van der Waals surface area (Å²) >= 11 is 0. The summed E-state index contributed by atoms with van der Waals surface area (Å²) in [6.45, 7) is 3.05. The molecule has 2 aromatic carbocycles. The summed E-state index contributed by atoms with van der Waals surface area (Å²) in [7, 11) is -0.875. The van der Waals surface area contributed by atoms with E-state index < -0.39 is 21.3 Å². The lowest BCUT2D eigenvalue weighted by molar-refractivity contribution is 0.243. The minimum Gasteiger partial charge on any atom is -0.341 e. The first kappa shape index (κ1) is 21.4. The topological polar surface area (TPSA) is 86.3 Å². The number of aromatic nitrogens is 3. The van der Waals surface area contributed by atoms with Crippen LogP contribution >= 0.6 is 0 Å². The van der Waals surface area contributed by atoms with Crippen LogP contribution in [0.5, 0.6) is 0 Å². The summed E-state index contributed by atoms with van der Waals surface area (Å²) in [6.07, 6.45) is 2.65. The molecule has 0 saturated carbocycles. The fraction of sp³-hybridized carbons (Fsp3) is 0.360. The third kappa shape index (κ3) is 2.77. The van der Waals surface area contributed by atoms with Gasteiger partial charge in [0, 0.05) is 43.8 Å². The van der Waals surface area contributed by atoms with Crippen LogP contribution < -0.4 is 11.2 Å². The molecule has 9 heteroatoms. The van der Waals surface area contributed by atoms with Gasteiger partial charge in [0.2, 0.25) is 10.0 Å². The van der Waals surface area contributed by atoms with E-state index in [9.17, 15) is 18.0 Å². The Morgan fingerprint density at radius 2 is 1.68 bits per heavy atom. The van der Waals surface area contributed by atoms with Gasteiger partial charge >= 0.3 is 5.69 Å². The van der Waals surface area contributed by atoms with Gasteiger partial charge < -0.3 is 4.57 Å². The van der Waals surface area contributed by atoms with Gasteiger partial charge in [0.1, 0.15) is 0 Å². The molecule has 0 fully saturated rings. The average Bonchev–Trinajstić information content (AvgIpc) is 3.15. The molecule has 1 aliphatic heterocycles. The fourth-order valence-electron chi connectivity index (χ4n) is 5.84. The van der Waals surface area contributed by atoms with Crippen LogP contribution in [0.15, 0.2) is 50.9 Å². The average molecular weight is 479 g/mol. The fourth-order valence-corrected chi connectivity index (χ4v) is 7.48. The number of fused-ring (bicyclic) bond motifs is 4. The minimum absolute atomic E-state index is 0.0864. The normalized spacial score (nSPS) is 18.5. The molecule has 6 rings (SSSR count). The number of sulfonamides is 1. The number of hydrogen-bond donors (Lipinski definition) is 0. The van der Waals surface area contributed by atoms with Gasteiger partial charge in [0.15, 0.2) is 0 Å². The molecule has 0 saturated heterocycles. The molecule has 2 aliphatic rings. The van der Waals surface area contributed by atoms with Crippen LogP contribution in [0.4, 0.5) is 0 Å². The van der Waals surface area contributed by atoms with Gasteiger partial charge in [-0.1, -0.05) is 11.6 Å². The van der Waals surface area contributed by atoms with E-state index in [1.807, 2.05) is 0 Å². The zero-order valence-electron chi connectivity index (χ0n) is 19.4. The molecule has 34 heavy (non-hydrogen) atoms. The lowest BCUT2D eigenvalue weighted by Crippen LogP contribution is -2.43. The van der Waals surface area contributed by atoms with Gasteiger partial charge in [-0.3, -0.25) is 13.9 Å². The Morgan fingerprint density at radius 3 is 2.47 bits per heavy atom. The molecule has 0 amide bonds. The SMILES string of the molecule is Cc1ccc2c(c1)c1c3n2CCN(S(=O)(=O)c2ccc4c(c2)c(=O)n(C)c(=O)n4C)[C@H]3CCC1. The lowest BCUT2D eigenvalue weighted by Gasteiger charge is -2.39. The summed E-state index contributed by atoms with van der Waals surface area (Å²) < 4.78 is 34.1. The van der Waals surface area contributed by atoms with E-state index in [2.05, 4.69) is 29.7 Å². The Morgan fingerprint density at radius 1 is 0.912 bits per heavy atom. The Kier molecular flexibility index (Phi) is 4.50. The van der Waals surface area contributed by atoms with E-state index in [0.29, 0.717) is 18.6 Å². The molecule has 4 aromatic rings. The third-order valence-electron chi connectivity index (χ3n) is 7.52. The second-order valence-corrected chi connectivity index (χ2v) is 11.3. The Bertz CT molecular complexity index is 1740. The number of benzene rings is 2. The second kappa shape index (κ2) is 7.16. The highest BCUT2D eigenvalue weighted by Gasteiger charge is 2.41. The van der Waals surface area contributed by atoms with E-state index in [0.717, 1.165) is 29.5 Å². The molecule has 8 nitrogen and oxygen atoms in total. The largest absolute Gasteiger partial charge is 0.341 e. The molecule has 176 valence electrons. The highest BCUT2D eigenvalue weighted by molar-refractivity contribution is 7.89. The quantitative estimate of drug-likeness (QED) is 0.443. The highest BCUT2D eigenvalue weighted by Crippen LogP contribution is 2.44. The third-order valence-corrected chi connectivity index (χ3v) is 9.43. The van der Waals surface area contributed by atoms with Gasteiger partial charge in [-0.05, 0) is 62.1 Å². The van der Waals surface area contributed by atoms with Crippen molar-refractivity contribution < 1.29 is 8.42 Å². The molecule has 0 bridgehead atoms. The van der Waals surface area contributed by atoms with Gasteiger partial charge in [-0.15, -0.1) is 0 Å². The standard InChI is InChI=1S/C25H26N4O4S/c1-15-7-9-21-18(13-15)17-5-4-6-22-23(17)28(21)11-12-29(22)34(32,33)16-8-10-20-19(14-16)24(30)27(3)25(31)26(20)2/h7-10,13-14,22H,4-6,11-12H2,1-3H3/t22-/m0/s1. The van der Waals surface area contributed by atoms with Crippen LogP contribution in [0, 0.1) is 6.92 Å². The molecule has 2 aromatic heterocycles. The van der Waals surface area contributed by atoms with Crippen molar-refractivity contribution in [2.24, 2.45) is 14.1 Å². The number of nitrogens with zero attached hydrogens (tertiary/aromatic N) is 4. The van der Waals surface area contributed by atoms with Crippen molar-refractivity contribution in [2.45, 2.75) is 43.7 Å². The van der Waals surface area contributed by atoms with Crippen molar-refractivity contribution in [3.8, 4) is 0 Å². The van der Waals surface area contributed by atoms with Gasteiger partial charge in [0.05, 0.1) is 21.8 Å². The highest BCUT2D eigenvalue weighted by atomic mass is 32.2. The van der Waals surface area contributed by atoms with Crippen molar-refractivity contribution in [3.63, 3.8) is 0 Å². The minimum atomic E-state index is -3.85. The first-order valence-electron chi connectivity index (χ1n) is 11.5. The monoisotopic (exact) mass is 478 g/mol. The molecule has 0 unspecified atom stereocenters. The van der Waals surface area contributed by atoms with Crippen LogP contribution in [0.1, 0.15) is 35.7 Å². The molecule has 1 aliphatic carbocycles. The number of hydrogen-bond acceptors (Lipinski definition) is 4. The van der Waals surface area contributed by atoms with Gasteiger partial charge in [0.25, 0.3) is 5.56 Å².